The van der Waals surface area contributed by atoms with Crippen LogP contribution < -0.4 is 15.5 Å². The first-order chi connectivity index (χ1) is 12.7. The lowest BCUT2D eigenvalue weighted by atomic mass is 10.2. The van der Waals surface area contributed by atoms with Crippen molar-refractivity contribution in [3.63, 3.8) is 0 Å². The molecule has 1 aliphatic heterocycles. The van der Waals surface area contributed by atoms with Gasteiger partial charge in [-0.3, -0.25) is 4.99 Å². The Bertz CT molecular complexity index is 677. The maximum atomic E-state index is 4.63. The highest BCUT2D eigenvalue weighted by atomic mass is 127. The number of aliphatic imine (C=N–C) groups is 1. The van der Waals surface area contributed by atoms with E-state index in [-0.39, 0.29) is 24.0 Å². The van der Waals surface area contributed by atoms with Crippen molar-refractivity contribution in [2.45, 2.75) is 13.1 Å². The van der Waals surface area contributed by atoms with Crippen LogP contribution in [0.15, 0.2) is 47.8 Å². The maximum Gasteiger partial charge on any atom is 0.191 e. The zero-order chi connectivity index (χ0) is 18.2. The van der Waals surface area contributed by atoms with Gasteiger partial charge in [0, 0.05) is 71.5 Å². The van der Waals surface area contributed by atoms with Crippen LogP contribution in [0.2, 0.25) is 0 Å². The third kappa shape index (κ3) is 6.69. The van der Waals surface area contributed by atoms with Crippen LogP contribution >= 0.6 is 24.0 Å². The summed E-state index contributed by atoms with van der Waals surface area (Å²) in [4.78, 5) is 13.6. The molecule has 0 spiro atoms. The highest BCUT2D eigenvalue weighted by Gasteiger charge is 2.14. The smallest absolute Gasteiger partial charge is 0.191 e. The van der Waals surface area contributed by atoms with Crippen LogP contribution in [0.1, 0.15) is 5.56 Å². The van der Waals surface area contributed by atoms with Gasteiger partial charge in [0.25, 0.3) is 0 Å². The van der Waals surface area contributed by atoms with Gasteiger partial charge in [-0.1, -0.05) is 6.07 Å². The van der Waals surface area contributed by atoms with Crippen molar-refractivity contribution in [3.8, 4) is 0 Å². The van der Waals surface area contributed by atoms with Gasteiger partial charge in [0.2, 0.25) is 0 Å². The van der Waals surface area contributed by atoms with Gasteiger partial charge in [0.15, 0.2) is 5.96 Å². The zero-order valence-electron chi connectivity index (χ0n) is 16.1. The number of hydrogen-bond acceptors (Lipinski definition) is 4. The maximum absolute atomic E-state index is 4.63. The second kappa shape index (κ2) is 11.1. The molecule has 1 saturated heterocycles. The fourth-order valence-corrected chi connectivity index (χ4v) is 2.97. The van der Waals surface area contributed by atoms with E-state index in [0.717, 1.165) is 56.6 Å². The predicted molar refractivity (Wildman–Crippen MR) is 122 cm³/mol. The normalized spacial score (nSPS) is 15.3. The second-order valence-electron chi connectivity index (χ2n) is 6.59. The number of piperazine rings is 1. The number of rotatable bonds is 6. The molecule has 2 N–H and O–H groups in total. The minimum atomic E-state index is 0. The third-order valence-corrected chi connectivity index (χ3v) is 4.65. The first kappa shape index (κ1) is 21.5. The number of aromatic nitrogens is 2. The third-order valence-electron chi connectivity index (χ3n) is 4.65. The minimum Gasteiger partial charge on any atom is -0.355 e. The van der Waals surface area contributed by atoms with Gasteiger partial charge < -0.3 is 25.0 Å². The van der Waals surface area contributed by atoms with Gasteiger partial charge in [0.05, 0.1) is 0 Å². The molecule has 0 atom stereocenters. The van der Waals surface area contributed by atoms with Crippen LogP contribution in [0.3, 0.4) is 0 Å². The average Bonchev–Trinajstić information content (AvgIpc) is 3.19. The van der Waals surface area contributed by atoms with E-state index >= 15 is 0 Å². The number of pyridine rings is 1. The fourth-order valence-electron chi connectivity index (χ4n) is 2.97. The number of hydrogen-bond donors (Lipinski definition) is 2. The van der Waals surface area contributed by atoms with E-state index in [2.05, 4.69) is 66.6 Å². The molecular weight excluding hydrogens is 453 g/mol. The Morgan fingerprint density at radius 1 is 1.11 bits per heavy atom. The molecule has 0 aliphatic carbocycles. The fraction of sp³-hybridized carbons (Fsp3) is 0.474. The molecule has 0 bridgehead atoms. The number of nitrogens with zero attached hydrogens (tertiary/aromatic N) is 5. The van der Waals surface area contributed by atoms with E-state index in [4.69, 9.17) is 0 Å². The van der Waals surface area contributed by atoms with Gasteiger partial charge in [-0.05, 0) is 30.8 Å². The molecule has 7 nitrogen and oxygen atoms in total. The molecular formula is C19H30IN7. The standard InChI is InChI=1S/C19H29N7.HI/c1-20-19(21-7-10-25-8-3-4-9-25)23-16-17-5-6-18(22-15-17)26-13-11-24(2)12-14-26;/h3-6,8-9,15H,7,10-14,16H2,1-2H3,(H2,20,21,23);1H. The molecule has 3 heterocycles. The van der Waals surface area contributed by atoms with Crippen LogP contribution in [0.25, 0.3) is 0 Å². The number of nitrogens with one attached hydrogen (secondary N) is 2. The summed E-state index contributed by atoms with van der Waals surface area (Å²) in [7, 11) is 3.96. The Hall–Kier alpha value is -1.81. The van der Waals surface area contributed by atoms with Crippen LogP contribution in [-0.2, 0) is 13.1 Å². The number of guanidine groups is 1. The molecule has 0 unspecified atom stereocenters. The van der Waals surface area contributed by atoms with Gasteiger partial charge in [0.1, 0.15) is 5.82 Å². The van der Waals surface area contributed by atoms with E-state index in [1.165, 1.54) is 0 Å². The first-order valence-electron chi connectivity index (χ1n) is 9.18. The molecule has 3 rings (SSSR count). The molecule has 2 aromatic heterocycles. The highest BCUT2D eigenvalue weighted by molar-refractivity contribution is 14.0. The molecule has 27 heavy (non-hydrogen) atoms. The predicted octanol–water partition coefficient (Wildman–Crippen LogP) is 1.62. The Morgan fingerprint density at radius 3 is 2.48 bits per heavy atom. The van der Waals surface area contributed by atoms with E-state index in [1.54, 1.807) is 7.05 Å². The summed E-state index contributed by atoms with van der Waals surface area (Å²) in [5.41, 5.74) is 1.15. The van der Waals surface area contributed by atoms with E-state index < -0.39 is 0 Å². The lowest BCUT2D eigenvalue weighted by Gasteiger charge is -2.33. The van der Waals surface area contributed by atoms with Crippen molar-refractivity contribution >= 4 is 35.8 Å². The van der Waals surface area contributed by atoms with Gasteiger partial charge >= 0.3 is 0 Å². The summed E-state index contributed by atoms with van der Waals surface area (Å²) in [5, 5.41) is 6.67. The molecule has 2 aromatic rings. The molecule has 0 radical (unpaired) electrons. The van der Waals surface area contributed by atoms with Crippen LogP contribution in [0.4, 0.5) is 5.82 Å². The largest absolute Gasteiger partial charge is 0.355 e. The molecule has 0 aromatic carbocycles. The van der Waals surface area contributed by atoms with Crippen molar-refractivity contribution in [1.29, 1.82) is 0 Å². The van der Waals surface area contributed by atoms with E-state index in [1.807, 2.05) is 18.3 Å². The topological polar surface area (TPSA) is 60.7 Å². The van der Waals surface area contributed by atoms with Gasteiger partial charge in [-0.2, -0.15) is 0 Å². The minimum absolute atomic E-state index is 0. The average molecular weight is 483 g/mol. The monoisotopic (exact) mass is 483 g/mol. The van der Waals surface area contributed by atoms with Crippen molar-refractivity contribution in [3.05, 3.63) is 48.4 Å². The van der Waals surface area contributed by atoms with Crippen molar-refractivity contribution in [2.75, 3.05) is 51.7 Å². The summed E-state index contributed by atoms with van der Waals surface area (Å²) in [5.74, 6) is 1.87. The number of anilines is 1. The Kier molecular flexibility index (Phi) is 8.86. The molecule has 0 amide bonds. The summed E-state index contributed by atoms with van der Waals surface area (Å²) < 4.78 is 2.14. The van der Waals surface area contributed by atoms with Crippen molar-refractivity contribution in [1.82, 2.24) is 25.1 Å². The molecule has 0 saturated carbocycles. The van der Waals surface area contributed by atoms with E-state index in [9.17, 15) is 0 Å². The lowest BCUT2D eigenvalue weighted by Crippen LogP contribution is -2.44. The zero-order valence-corrected chi connectivity index (χ0v) is 18.5. The Morgan fingerprint density at radius 2 is 1.85 bits per heavy atom. The Labute approximate surface area is 178 Å². The number of halogens is 1. The quantitative estimate of drug-likeness (QED) is 0.372. The van der Waals surface area contributed by atoms with Gasteiger partial charge in [-0.25, -0.2) is 4.98 Å². The van der Waals surface area contributed by atoms with Crippen molar-refractivity contribution in [2.24, 2.45) is 4.99 Å². The van der Waals surface area contributed by atoms with Crippen LogP contribution in [-0.4, -0.2) is 67.2 Å². The lowest BCUT2D eigenvalue weighted by molar-refractivity contribution is 0.312. The van der Waals surface area contributed by atoms with Gasteiger partial charge in [-0.15, -0.1) is 24.0 Å². The van der Waals surface area contributed by atoms with E-state index in [0.29, 0.717) is 6.54 Å². The summed E-state index contributed by atoms with van der Waals surface area (Å²) in [6.45, 7) is 6.72. The van der Waals surface area contributed by atoms with Crippen molar-refractivity contribution < 1.29 is 0 Å². The van der Waals surface area contributed by atoms with Crippen LogP contribution in [0, 0.1) is 0 Å². The first-order valence-corrected chi connectivity index (χ1v) is 9.18. The molecule has 1 fully saturated rings. The second-order valence-corrected chi connectivity index (χ2v) is 6.59. The molecule has 1 aliphatic rings. The Balaban J connectivity index is 0.00000261. The SMILES string of the molecule is CN=C(NCCn1cccc1)NCc1ccc(N2CCN(C)CC2)nc1.I. The molecule has 8 heteroatoms. The molecule has 148 valence electrons. The summed E-state index contributed by atoms with van der Waals surface area (Å²) >= 11 is 0. The number of likely N-dealkylation sites (N-methyl/N-ethyl adjacent to an activating group) is 1. The summed E-state index contributed by atoms with van der Waals surface area (Å²) in [6, 6.07) is 8.32. The highest BCUT2D eigenvalue weighted by Crippen LogP contribution is 2.13. The van der Waals surface area contributed by atoms with Crippen LogP contribution in [0.5, 0.6) is 0 Å². The summed E-state index contributed by atoms with van der Waals surface area (Å²) in [6.07, 6.45) is 6.07.